The first kappa shape index (κ1) is 14.7. The van der Waals surface area contributed by atoms with Crippen LogP contribution in [0.15, 0.2) is 12.1 Å². The van der Waals surface area contributed by atoms with E-state index in [1.807, 2.05) is 0 Å². The average molecular weight is 279 g/mol. The fourth-order valence-electron chi connectivity index (χ4n) is 1.23. The van der Waals surface area contributed by atoms with E-state index >= 15 is 0 Å². The van der Waals surface area contributed by atoms with Gasteiger partial charge in [-0.3, -0.25) is 0 Å². The van der Waals surface area contributed by atoms with Gasteiger partial charge in [-0.2, -0.15) is 0 Å². The quantitative estimate of drug-likeness (QED) is 0.784. The maximum absolute atomic E-state index is 13.4. The van der Waals surface area contributed by atoms with E-state index in [0.29, 0.717) is 0 Å². The van der Waals surface area contributed by atoms with E-state index in [4.69, 9.17) is 5.73 Å². The van der Waals surface area contributed by atoms with E-state index in [1.165, 1.54) is 20.2 Å². The lowest BCUT2D eigenvalue weighted by Gasteiger charge is -2.13. The first-order valence-electron chi connectivity index (χ1n) is 5.13. The second-order valence-electron chi connectivity index (χ2n) is 3.85. The molecule has 0 amide bonds. The molecule has 0 aromatic heterocycles. The number of nitrogens with one attached hydrogen (secondary N) is 1. The lowest BCUT2D eigenvalue weighted by molar-refractivity contribution is 0.511. The summed E-state index contributed by atoms with van der Waals surface area (Å²) in [5.74, 6) is -2.39. The van der Waals surface area contributed by atoms with Crippen LogP contribution in [0.25, 0.3) is 0 Å². The van der Waals surface area contributed by atoms with E-state index in [0.717, 1.165) is 10.4 Å². The zero-order valence-corrected chi connectivity index (χ0v) is 10.9. The number of anilines is 2. The van der Waals surface area contributed by atoms with Crippen molar-refractivity contribution in [1.82, 2.24) is 4.31 Å². The smallest absolute Gasteiger partial charge is 0.215 e. The van der Waals surface area contributed by atoms with Crippen molar-refractivity contribution in [3.63, 3.8) is 0 Å². The normalized spacial score (nSPS) is 11.8. The number of nitrogens with two attached hydrogens (primary N) is 1. The van der Waals surface area contributed by atoms with Crippen LogP contribution >= 0.6 is 0 Å². The topological polar surface area (TPSA) is 75.4 Å². The summed E-state index contributed by atoms with van der Waals surface area (Å²) in [4.78, 5) is 0. The van der Waals surface area contributed by atoms with Gasteiger partial charge in [0.25, 0.3) is 0 Å². The fourth-order valence-corrected chi connectivity index (χ4v) is 1.96. The summed E-state index contributed by atoms with van der Waals surface area (Å²) >= 11 is 0. The zero-order chi connectivity index (χ0) is 13.9. The predicted molar refractivity (Wildman–Crippen MR) is 66.7 cm³/mol. The molecule has 0 saturated carbocycles. The minimum Gasteiger partial charge on any atom is -0.397 e. The van der Waals surface area contributed by atoms with Crippen LogP contribution < -0.4 is 11.1 Å². The van der Waals surface area contributed by atoms with Gasteiger partial charge in [0.1, 0.15) is 0 Å². The van der Waals surface area contributed by atoms with Crippen molar-refractivity contribution in [1.29, 1.82) is 0 Å². The second-order valence-corrected chi connectivity index (χ2v) is 6.15. The monoisotopic (exact) mass is 279 g/mol. The minimum atomic E-state index is -3.39. The molecule has 0 unspecified atom stereocenters. The fraction of sp³-hybridized carbons (Fsp3) is 0.400. The molecule has 3 N–H and O–H groups in total. The van der Waals surface area contributed by atoms with Gasteiger partial charge < -0.3 is 11.1 Å². The maximum atomic E-state index is 13.4. The third-order valence-corrected chi connectivity index (χ3v) is 4.18. The summed E-state index contributed by atoms with van der Waals surface area (Å²) < 4.78 is 50.3. The Bertz CT molecular complexity index is 532. The lowest BCUT2D eigenvalue weighted by Crippen LogP contribution is -2.28. The maximum Gasteiger partial charge on any atom is 0.215 e. The molecule has 8 heteroatoms. The molecule has 0 saturated heterocycles. The van der Waals surface area contributed by atoms with Crippen molar-refractivity contribution < 1.29 is 17.2 Å². The van der Waals surface area contributed by atoms with Gasteiger partial charge in [-0.25, -0.2) is 21.5 Å². The molecule has 0 radical (unpaired) electrons. The molecule has 0 spiro atoms. The highest BCUT2D eigenvalue weighted by molar-refractivity contribution is 7.89. The molecule has 0 heterocycles. The Kier molecular flexibility index (Phi) is 4.47. The standard InChI is InChI=1S/C10H15F2N3O2S/c1-15(2)18(16,17)6-5-14-10-8(13)4-3-7(11)9(10)12/h3-4,14H,5-6,13H2,1-2H3. The van der Waals surface area contributed by atoms with Crippen LogP contribution in [-0.2, 0) is 10.0 Å². The van der Waals surface area contributed by atoms with Crippen LogP contribution in [-0.4, -0.2) is 39.1 Å². The molecule has 1 aromatic rings. The van der Waals surface area contributed by atoms with E-state index in [1.54, 1.807) is 0 Å². The summed E-state index contributed by atoms with van der Waals surface area (Å²) in [6.45, 7) is -0.0644. The molecule has 1 rings (SSSR count). The van der Waals surface area contributed by atoms with Crippen LogP contribution in [0.5, 0.6) is 0 Å². The van der Waals surface area contributed by atoms with Crippen molar-refractivity contribution in [3.05, 3.63) is 23.8 Å². The molecule has 1 aromatic carbocycles. The van der Waals surface area contributed by atoms with Gasteiger partial charge in [-0.05, 0) is 12.1 Å². The van der Waals surface area contributed by atoms with Crippen molar-refractivity contribution in [2.45, 2.75) is 0 Å². The van der Waals surface area contributed by atoms with Crippen LogP contribution in [0.4, 0.5) is 20.2 Å². The minimum absolute atomic E-state index is 0.0242. The summed E-state index contributed by atoms with van der Waals surface area (Å²) in [5, 5.41) is 2.49. The van der Waals surface area contributed by atoms with Gasteiger partial charge in [0.15, 0.2) is 11.6 Å². The number of hydrogen-bond donors (Lipinski definition) is 2. The summed E-state index contributed by atoms with van der Waals surface area (Å²) in [6, 6.07) is 2.12. The average Bonchev–Trinajstić information content (AvgIpc) is 2.28. The number of sulfonamides is 1. The molecule has 102 valence electrons. The second kappa shape index (κ2) is 5.49. The number of nitrogen functional groups attached to an aromatic ring is 1. The Balaban J connectivity index is 2.74. The van der Waals surface area contributed by atoms with Crippen LogP contribution in [0.2, 0.25) is 0 Å². The molecular formula is C10H15F2N3O2S. The summed E-state index contributed by atoms with van der Waals surface area (Å²) in [7, 11) is -0.600. The van der Waals surface area contributed by atoms with Gasteiger partial charge in [0, 0.05) is 20.6 Å². The van der Waals surface area contributed by atoms with E-state index in [-0.39, 0.29) is 23.7 Å². The highest BCUT2D eigenvalue weighted by atomic mass is 32.2. The molecule has 0 fully saturated rings. The SMILES string of the molecule is CN(C)S(=O)(=O)CCNc1c(N)ccc(F)c1F. The largest absolute Gasteiger partial charge is 0.397 e. The first-order valence-corrected chi connectivity index (χ1v) is 6.74. The molecule has 18 heavy (non-hydrogen) atoms. The van der Waals surface area contributed by atoms with Gasteiger partial charge in [0.05, 0.1) is 17.1 Å². The Morgan fingerprint density at radius 3 is 2.50 bits per heavy atom. The van der Waals surface area contributed by atoms with E-state index < -0.39 is 21.7 Å². The van der Waals surface area contributed by atoms with Crippen molar-refractivity contribution in [2.75, 3.05) is 37.4 Å². The lowest BCUT2D eigenvalue weighted by atomic mass is 10.2. The molecule has 0 bridgehead atoms. The van der Waals surface area contributed by atoms with Gasteiger partial charge >= 0.3 is 0 Å². The third-order valence-electron chi connectivity index (χ3n) is 2.35. The molecular weight excluding hydrogens is 264 g/mol. The van der Waals surface area contributed by atoms with Gasteiger partial charge in [0.2, 0.25) is 10.0 Å². The molecule has 0 aliphatic rings. The molecule has 0 atom stereocenters. The number of rotatable bonds is 5. The predicted octanol–water partition coefficient (Wildman–Crippen LogP) is 0.850. The van der Waals surface area contributed by atoms with E-state index in [9.17, 15) is 17.2 Å². The van der Waals surface area contributed by atoms with Gasteiger partial charge in [-0.15, -0.1) is 0 Å². The number of hydrogen-bond acceptors (Lipinski definition) is 4. The number of nitrogens with zero attached hydrogens (tertiary/aromatic N) is 1. The highest BCUT2D eigenvalue weighted by Crippen LogP contribution is 2.24. The van der Waals surface area contributed by atoms with Crippen molar-refractivity contribution in [2.24, 2.45) is 0 Å². The molecule has 0 aliphatic carbocycles. The van der Waals surface area contributed by atoms with Crippen LogP contribution in [0, 0.1) is 11.6 Å². The molecule has 0 aliphatic heterocycles. The van der Waals surface area contributed by atoms with E-state index in [2.05, 4.69) is 5.32 Å². The zero-order valence-electron chi connectivity index (χ0n) is 10.1. The Labute approximate surface area is 105 Å². The summed E-state index contributed by atoms with van der Waals surface area (Å²) in [5.41, 5.74) is 5.28. The Morgan fingerprint density at radius 1 is 1.33 bits per heavy atom. The first-order chi connectivity index (χ1) is 8.25. The highest BCUT2D eigenvalue weighted by Gasteiger charge is 2.15. The third kappa shape index (κ3) is 3.30. The van der Waals surface area contributed by atoms with Crippen LogP contribution in [0.1, 0.15) is 0 Å². The van der Waals surface area contributed by atoms with Gasteiger partial charge in [-0.1, -0.05) is 0 Å². The Morgan fingerprint density at radius 2 is 1.94 bits per heavy atom. The number of halogens is 2. The van der Waals surface area contributed by atoms with Crippen molar-refractivity contribution >= 4 is 21.4 Å². The van der Waals surface area contributed by atoms with Crippen LogP contribution in [0.3, 0.4) is 0 Å². The van der Waals surface area contributed by atoms with Crippen molar-refractivity contribution in [3.8, 4) is 0 Å². The molecule has 5 nitrogen and oxygen atoms in total. The number of benzene rings is 1. The summed E-state index contributed by atoms with van der Waals surface area (Å²) in [6.07, 6.45) is 0. The Hall–Kier alpha value is -1.41.